The van der Waals surface area contributed by atoms with Crippen LogP contribution < -0.4 is 0 Å². The molecule has 0 atom stereocenters. The van der Waals surface area contributed by atoms with Gasteiger partial charge in [0, 0.05) is 11.4 Å². The first-order valence-corrected chi connectivity index (χ1v) is 9.97. The lowest BCUT2D eigenvalue weighted by molar-refractivity contribution is -0.137. The lowest BCUT2D eigenvalue weighted by Crippen LogP contribution is -2.18. The van der Waals surface area contributed by atoms with Gasteiger partial charge in [0.05, 0.1) is 35.2 Å². The first-order valence-electron chi connectivity index (χ1n) is 9.97. The summed E-state index contributed by atoms with van der Waals surface area (Å²) in [5.74, 6) is -3.43. The number of aromatic nitrogens is 3. The van der Waals surface area contributed by atoms with Crippen molar-refractivity contribution in [3.63, 3.8) is 0 Å². The van der Waals surface area contributed by atoms with Gasteiger partial charge in [-0.25, -0.2) is 14.3 Å². The number of hydrogen-bond donors (Lipinski definition) is 2. The summed E-state index contributed by atoms with van der Waals surface area (Å²) in [6.07, 6.45) is -3.88. The number of benzene rings is 1. The highest BCUT2D eigenvalue weighted by Gasteiger charge is 2.34. The first-order chi connectivity index (χ1) is 16.0. The Bertz CT molecular complexity index is 1260. The summed E-state index contributed by atoms with van der Waals surface area (Å²) in [5, 5.41) is 13.7. The van der Waals surface area contributed by atoms with E-state index in [0.29, 0.717) is 16.1 Å². The van der Waals surface area contributed by atoms with Gasteiger partial charge in [-0.3, -0.25) is 4.79 Å². The highest BCUT2D eigenvalue weighted by atomic mass is 19.4. The average Bonchev–Trinajstić information content (AvgIpc) is 3.30. The lowest BCUT2D eigenvalue weighted by atomic mass is 10.1. The molecule has 0 aliphatic rings. The van der Waals surface area contributed by atoms with Crippen LogP contribution in [0.4, 0.5) is 13.2 Å². The fourth-order valence-corrected chi connectivity index (χ4v) is 3.41. The molecule has 0 unspecified atom stereocenters. The number of nitrogens with zero attached hydrogens (tertiary/aromatic N) is 2. The van der Waals surface area contributed by atoms with Crippen molar-refractivity contribution >= 4 is 17.7 Å². The van der Waals surface area contributed by atoms with E-state index in [-0.39, 0.29) is 17.7 Å². The van der Waals surface area contributed by atoms with Crippen molar-refractivity contribution in [1.82, 2.24) is 14.8 Å². The molecule has 2 heterocycles. The van der Waals surface area contributed by atoms with Crippen molar-refractivity contribution in [3.05, 3.63) is 64.2 Å². The zero-order valence-corrected chi connectivity index (χ0v) is 18.3. The number of esters is 2. The molecule has 0 saturated carbocycles. The van der Waals surface area contributed by atoms with Crippen molar-refractivity contribution in [2.75, 3.05) is 13.2 Å². The number of para-hydroxylation sites is 1. The Morgan fingerprint density at radius 2 is 1.71 bits per heavy atom. The number of halogens is 3. The number of carbonyl (C=O) groups is 3. The minimum absolute atomic E-state index is 0.0104. The Labute approximate surface area is 191 Å². The van der Waals surface area contributed by atoms with E-state index in [1.807, 2.05) is 0 Å². The number of aromatic hydroxyl groups is 1. The number of aryl methyl sites for hydroxylation is 2. The van der Waals surface area contributed by atoms with Gasteiger partial charge in [-0.05, 0) is 32.9 Å². The number of nitrogens with one attached hydrogen (secondary N) is 1. The summed E-state index contributed by atoms with van der Waals surface area (Å²) in [5.41, 5.74) is -1.38. The van der Waals surface area contributed by atoms with E-state index in [1.54, 1.807) is 20.8 Å². The van der Waals surface area contributed by atoms with Gasteiger partial charge in [0.1, 0.15) is 0 Å². The fraction of sp³-hybridized carbons (Fsp3) is 0.273. The zero-order chi connectivity index (χ0) is 25.2. The SMILES string of the molecule is CCOC(=O)c1c(C)[nH]c(C)c1C(=O)COC(=O)c1nn(-c2ccccc2C(F)(F)F)cc1O. The third-order valence-electron chi connectivity index (χ3n) is 4.81. The first kappa shape index (κ1) is 24.6. The Kier molecular flexibility index (Phi) is 6.80. The molecule has 2 N–H and O–H groups in total. The quantitative estimate of drug-likeness (QED) is 0.391. The van der Waals surface area contributed by atoms with E-state index < -0.39 is 53.2 Å². The number of ketones is 1. The van der Waals surface area contributed by atoms with Crippen LogP contribution in [-0.4, -0.2) is 50.8 Å². The van der Waals surface area contributed by atoms with Crippen LogP contribution in [0.5, 0.6) is 5.75 Å². The topological polar surface area (TPSA) is 124 Å². The predicted molar refractivity (Wildman–Crippen MR) is 111 cm³/mol. The number of rotatable bonds is 7. The van der Waals surface area contributed by atoms with Gasteiger partial charge in [0.15, 0.2) is 12.4 Å². The van der Waals surface area contributed by atoms with E-state index in [1.165, 1.54) is 12.1 Å². The third kappa shape index (κ3) is 4.80. The molecule has 2 aromatic heterocycles. The molecule has 180 valence electrons. The van der Waals surface area contributed by atoms with Gasteiger partial charge < -0.3 is 19.6 Å². The van der Waals surface area contributed by atoms with Crippen molar-refractivity contribution < 1.29 is 42.1 Å². The van der Waals surface area contributed by atoms with Crippen LogP contribution in [0.2, 0.25) is 0 Å². The molecule has 1 aromatic carbocycles. The third-order valence-corrected chi connectivity index (χ3v) is 4.81. The summed E-state index contributed by atoms with van der Waals surface area (Å²) in [4.78, 5) is 40.2. The second kappa shape index (κ2) is 9.41. The number of Topliss-reactive ketones (excluding diaryl/α,β-unsaturated/α-hetero) is 1. The minimum Gasteiger partial charge on any atom is -0.504 e. The number of H-pyrrole nitrogens is 1. The van der Waals surface area contributed by atoms with Gasteiger partial charge in [-0.15, -0.1) is 0 Å². The number of carbonyl (C=O) groups excluding carboxylic acids is 3. The Morgan fingerprint density at radius 3 is 2.35 bits per heavy atom. The molecular weight excluding hydrogens is 459 g/mol. The van der Waals surface area contributed by atoms with Gasteiger partial charge in [0.2, 0.25) is 11.5 Å². The van der Waals surface area contributed by atoms with Crippen molar-refractivity contribution in [2.24, 2.45) is 0 Å². The molecule has 3 rings (SSSR count). The van der Waals surface area contributed by atoms with Crippen LogP contribution in [0.3, 0.4) is 0 Å². The number of alkyl halides is 3. The Hall–Kier alpha value is -4.09. The molecule has 0 fully saturated rings. The molecule has 12 heteroatoms. The fourth-order valence-electron chi connectivity index (χ4n) is 3.41. The van der Waals surface area contributed by atoms with Crippen molar-refractivity contribution in [1.29, 1.82) is 0 Å². The summed E-state index contributed by atoms with van der Waals surface area (Å²) in [7, 11) is 0. The Morgan fingerprint density at radius 1 is 1.06 bits per heavy atom. The van der Waals surface area contributed by atoms with Crippen LogP contribution in [0.15, 0.2) is 30.5 Å². The average molecular weight is 479 g/mol. The largest absolute Gasteiger partial charge is 0.504 e. The van der Waals surface area contributed by atoms with E-state index in [4.69, 9.17) is 9.47 Å². The van der Waals surface area contributed by atoms with E-state index in [0.717, 1.165) is 18.3 Å². The van der Waals surface area contributed by atoms with Crippen LogP contribution in [0, 0.1) is 13.8 Å². The molecule has 34 heavy (non-hydrogen) atoms. The lowest BCUT2D eigenvalue weighted by Gasteiger charge is -2.12. The molecule has 0 bridgehead atoms. The normalized spacial score (nSPS) is 11.4. The summed E-state index contributed by atoms with van der Waals surface area (Å²) < 4.78 is 50.4. The van der Waals surface area contributed by atoms with Gasteiger partial charge in [-0.2, -0.15) is 18.3 Å². The highest BCUT2D eigenvalue weighted by molar-refractivity contribution is 6.09. The predicted octanol–water partition coefficient (Wildman–Crippen LogP) is 3.76. The monoisotopic (exact) mass is 479 g/mol. The second-order valence-electron chi connectivity index (χ2n) is 7.17. The summed E-state index contributed by atoms with van der Waals surface area (Å²) >= 11 is 0. The minimum atomic E-state index is -4.70. The summed E-state index contributed by atoms with van der Waals surface area (Å²) in [6.45, 7) is 4.01. The van der Waals surface area contributed by atoms with Gasteiger partial charge >= 0.3 is 18.1 Å². The van der Waals surface area contributed by atoms with Crippen LogP contribution in [-0.2, 0) is 15.7 Å². The molecule has 0 amide bonds. The molecule has 9 nitrogen and oxygen atoms in total. The molecule has 0 aliphatic carbocycles. The number of ether oxygens (including phenoxy) is 2. The standard InChI is InChI=1S/C22H20F3N3O6/c1-4-33-20(31)18-12(3)26-11(2)17(18)16(30)10-34-21(32)19-15(29)9-28(27-19)14-8-6-5-7-13(14)22(23,24)25/h5-9,26,29H,4,10H2,1-3H3. The smallest absolute Gasteiger partial charge is 0.418 e. The van der Waals surface area contributed by atoms with Crippen LogP contribution >= 0.6 is 0 Å². The molecule has 3 aromatic rings. The number of hydrogen-bond acceptors (Lipinski definition) is 7. The molecular formula is C22H20F3N3O6. The molecule has 0 saturated heterocycles. The maximum Gasteiger partial charge on any atom is 0.418 e. The maximum absolute atomic E-state index is 13.3. The Balaban J connectivity index is 1.81. The van der Waals surface area contributed by atoms with Gasteiger partial charge in [-0.1, -0.05) is 12.1 Å². The van der Waals surface area contributed by atoms with E-state index in [9.17, 15) is 32.7 Å². The van der Waals surface area contributed by atoms with E-state index >= 15 is 0 Å². The second-order valence-corrected chi connectivity index (χ2v) is 7.17. The maximum atomic E-state index is 13.3. The highest BCUT2D eigenvalue weighted by Crippen LogP contribution is 2.34. The van der Waals surface area contributed by atoms with Gasteiger partial charge in [0.25, 0.3) is 0 Å². The van der Waals surface area contributed by atoms with Crippen LogP contribution in [0.25, 0.3) is 5.69 Å². The zero-order valence-electron chi connectivity index (χ0n) is 18.3. The summed E-state index contributed by atoms with van der Waals surface area (Å²) in [6, 6.07) is 4.46. The molecule has 0 aliphatic heterocycles. The number of aromatic amines is 1. The molecule has 0 spiro atoms. The van der Waals surface area contributed by atoms with Crippen LogP contribution in [0.1, 0.15) is 55.1 Å². The molecule has 0 radical (unpaired) electrons. The van der Waals surface area contributed by atoms with Crippen molar-refractivity contribution in [3.8, 4) is 11.4 Å². The van der Waals surface area contributed by atoms with Crippen molar-refractivity contribution in [2.45, 2.75) is 26.9 Å². The van der Waals surface area contributed by atoms with E-state index in [2.05, 4.69) is 10.1 Å².